The van der Waals surface area contributed by atoms with Crippen molar-refractivity contribution in [2.24, 2.45) is 0 Å². The number of hydrogen-bond donors (Lipinski definition) is 0. The molecule has 1 aromatic rings. The number of amides is 1. The van der Waals surface area contributed by atoms with Crippen molar-refractivity contribution < 1.29 is 32.0 Å². The Kier molecular flexibility index (Phi) is 5.79. The zero-order valence-corrected chi connectivity index (χ0v) is 17.4. The van der Waals surface area contributed by atoms with Crippen molar-refractivity contribution in [3.05, 3.63) is 29.3 Å². The van der Waals surface area contributed by atoms with Gasteiger partial charge in [0.05, 0.1) is 28.4 Å². The van der Waals surface area contributed by atoms with E-state index in [4.69, 9.17) is 14.0 Å². The molecule has 2 aliphatic rings. The van der Waals surface area contributed by atoms with Gasteiger partial charge in [0.1, 0.15) is 0 Å². The van der Waals surface area contributed by atoms with E-state index in [9.17, 15) is 18.0 Å². The van der Waals surface area contributed by atoms with Gasteiger partial charge < -0.3 is 18.9 Å². The molecule has 0 unspecified atom stereocenters. The third kappa shape index (κ3) is 4.32. The number of nitrogens with zero attached hydrogens (tertiary/aromatic N) is 1. The van der Waals surface area contributed by atoms with Crippen molar-refractivity contribution in [2.45, 2.75) is 64.0 Å². The van der Waals surface area contributed by atoms with Crippen molar-refractivity contribution in [1.29, 1.82) is 0 Å². The van der Waals surface area contributed by atoms with Crippen LogP contribution in [-0.2, 0) is 20.2 Å². The van der Waals surface area contributed by atoms with Gasteiger partial charge in [0.15, 0.2) is 0 Å². The maximum atomic E-state index is 13.6. The summed E-state index contributed by atoms with van der Waals surface area (Å²) in [4.78, 5) is 14.4. The second-order valence-corrected chi connectivity index (χ2v) is 8.62. The Bertz CT molecular complexity index is 757. The van der Waals surface area contributed by atoms with Gasteiger partial charge in [-0.1, -0.05) is 6.07 Å². The molecule has 2 saturated heterocycles. The number of likely N-dealkylation sites (tertiary alicyclic amines) is 1. The molecular weight excluding hydrogens is 386 g/mol. The normalized spacial score (nSPS) is 22.2. The average Bonchev–Trinajstić information content (AvgIpc) is 2.87. The Balaban J connectivity index is 1.93. The first kappa shape index (κ1) is 22.1. The molecule has 0 N–H and O–H groups in total. The van der Waals surface area contributed by atoms with Crippen LogP contribution < -0.4 is 5.46 Å². The van der Waals surface area contributed by atoms with Crippen LogP contribution in [0.15, 0.2) is 18.2 Å². The highest BCUT2D eigenvalue weighted by Crippen LogP contribution is 2.37. The lowest BCUT2D eigenvalue weighted by molar-refractivity contribution is -0.138. The van der Waals surface area contributed by atoms with Crippen molar-refractivity contribution >= 4 is 18.5 Å². The Morgan fingerprint density at radius 2 is 1.69 bits per heavy atom. The number of carbonyl (C=O) groups excluding carboxylic acids is 1. The van der Waals surface area contributed by atoms with Crippen molar-refractivity contribution in [2.75, 3.05) is 20.2 Å². The minimum Gasteiger partial charge on any atom is -0.399 e. The van der Waals surface area contributed by atoms with E-state index in [0.717, 1.165) is 6.07 Å². The molecule has 2 aliphatic heterocycles. The fraction of sp³-hybridized carbons (Fsp3) is 0.650. The molecule has 0 aliphatic carbocycles. The zero-order valence-electron chi connectivity index (χ0n) is 17.4. The molecule has 2 heterocycles. The number of ether oxygens (including phenoxy) is 1. The molecule has 0 radical (unpaired) electrons. The minimum absolute atomic E-state index is 0.0252. The molecule has 0 saturated carbocycles. The van der Waals surface area contributed by atoms with Crippen LogP contribution >= 0.6 is 0 Å². The summed E-state index contributed by atoms with van der Waals surface area (Å²) in [7, 11) is 0.755. The van der Waals surface area contributed by atoms with Gasteiger partial charge in [0.2, 0.25) is 0 Å². The Labute approximate surface area is 169 Å². The minimum atomic E-state index is -4.63. The molecule has 1 aromatic carbocycles. The lowest BCUT2D eigenvalue weighted by atomic mass is 9.77. The fourth-order valence-electron chi connectivity index (χ4n) is 3.58. The third-order valence-corrected chi connectivity index (χ3v) is 6.17. The lowest BCUT2D eigenvalue weighted by Gasteiger charge is -2.32. The molecule has 160 valence electrons. The van der Waals surface area contributed by atoms with Crippen LogP contribution in [0.3, 0.4) is 0 Å². The monoisotopic (exact) mass is 413 g/mol. The summed E-state index contributed by atoms with van der Waals surface area (Å²) in [5.74, 6) is -0.634. The predicted octanol–water partition coefficient (Wildman–Crippen LogP) is 3.26. The molecule has 3 rings (SSSR count). The van der Waals surface area contributed by atoms with Crippen LogP contribution in [0.25, 0.3) is 0 Å². The number of carbonyl (C=O) groups is 1. The summed E-state index contributed by atoms with van der Waals surface area (Å²) in [5.41, 5.74) is -2.19. The first-order valence-electron chi connectivity index (χ1n) is 9.74. The summed E-state index contributed by atoms with van der Waals surface area (Å²) in [5, 5.41) is 0. The van der Waals surface area contributed by atoms with E-state index in [2.05, 4.69) is 0 Å². The molecule has 1 amide bonds. The third-order valence-electron chi connectivity index (χ3n) is 6.17. The van der Waals surface area contributed by atoms with Crippen LogP contribution in [-0.4, -0.2) is 55.4 Å². The van der Waals surface area contributed by atoms with Crippen LogP contribution in [0.4, 0.5) is 13.2 Å². The Hall–Kier alpha value is -1.58. The van der Waals surface area contributed by atoms with Crippen molar-refractivity contribution in [1.82, 2.24) is 4.90 Å². The fourth-order valence-corrected chi connectivity index (χ4v) is 3.58. The molecule has 0 aromatic heterocycles. The maximum absolute atomic E-state index is 13.6. The molecule has 5 nitrogen and oxygen atoms in total. The summed E-state index contributed by atoms with van der Waals surface area (Å²) in [6.07, 6.45) is -3.41. The number of benzene rings is 1. The number of piperidine rings is 1. The van der Waals surface area contributed by atoms with Gasteiger partial charge in [0, 0.05) is 20.2 Å². The smallest absolute Gasteiger partial charge is 0.399 e. The van der Waals surface area contributed by atoms with E-state index >= 15 is 0 Å². The van der Waals surface area contributed by atoms with E-state index in [0.29, 0.717) is 31.4 Å². The predicted molar refractivity (Wildman–Crippen MR) is 103 cm³/mol. The number of hydrogen-bond acceptors (Lipinski definition) is 4. The molecule has 2 fully saturated rings. The van der Waals surface area contributed by atoms with Crippen LogP contribution in [0.1, 0.15) is 56.5 Å². The molecule has 0 bridgehead atoms. The van der Waals surface area contributed by atoms with E-state index in [1.165, 1.54) is 17.0 Å². The zero-order chi connectivity index (χ0) is 21.6. The van der Waals surface area contributed by atoms with Crippen LogP contribution in [0.2, 0.25) is 0 Å². The summed E-state index contributed by atoms with van der Waals surface area (Å²) >= 11 is 0. The largest absolute Gasteiger partial charge is 0.494 e. The number of halogens is 3. The van der Waals surface area contributed by atoms with E-state index < -0.39 is 36.0 Å². The van der Waals surface area contributed by atoms with Crippen LogP contribution in [0.5, 0.6) is 0 Å². The first-order valence-corrected chi connectivity index (χ1v) is 9.74. The van der Waals surface area contributed by atoms with Gasteiger partial charge in [-0.15, -0.1) is 0 Å². The van der Waals surface area contributed by atoms with Gasteiger partial charge in [-0.05, 0) is 58.1 Å². The Morgan fingerprint density at radius 1 is 1.14 bits per heavy atom. The Morgan fingerprint density at radius 3 is 2.17 bits per heavy atom. The molecular formula is C20H27BF3NO4. The summed E-state index contributed by atoms with van der Waals surface area (Å²) < 4.78 is 57.9. The van der Waals surface area contributed by atoms with E-state index in [-0.39, 0.29) is 11.7 Å². The van der Waals surface area contributed by atoms with E-state index in [1.54, 1.807) is 7.11 Å². The molecule has 29 heavy (non-hydrogen) atoms. The van der Waals surface area contributed by atoms with Gasteiger partial charge in [0.25, 0.3) is 5.91 Å². The number of rotatable bonds is 3. The average molecular weight is 413 g/mol. The quantitative estimate of drug-likeness (QED) is 0.714. The van der Waals surface area contributed by atoms with Gasteiger partial charge in [-0.2, -0.15) is 13.2 Å². The number of methoxy groups -OCH3 is 1. The van der Waals surface area contributed by atoms with Gasteiger partial charge >= 0.3 is 13.3 Å². The van der Waals surface area contributed by atoms with Crippen molar-refractivity contribution in [3.63, 3.8) is 0 Å². The SMILES string of the molecule is COC1CCN(C(=O)c2cc(B3OC(C)(C)C(C)(C)O3)ccc2C(F)(F)F)CC1. The van der Waals surface area contributed by atoms with Crippen LogP contribution in [0, 0.1) is 0 Å². The topological polar surface area (TPSA) is 48.0 Å². The van der Waals surface area contributed by atoms with E-state index in [1.807, 2.05) is 27.7 Å². The molecule has 0 atom stereocenters. The lowest BCUT2D eigenvalue weighted by Crippen LogP contribution is -2.42. The summed E-state index contributed by atoms with van der Waals surface area (Å²) in [6.45, 7) is 8.17. The van der Waals surface area contributed by atoms with Gasteiger partial charge in [-0.25, -0.2) is 0 Å². The highest BCUT2D eigenvalue weighted by molar-refractivity contribution is 6.62. The second-order valence-electron chi connectivity index (χ2n) is 8.62. The second kappa shape index (κ2) is 7.59. The van der Waals surface area contributed by atoms with Gasteiger partial charge in [-0.3, -0.25) is 4.79 Å². The molecule has 9 heteroatoms. The number of alkyl halides is 3. The maximum Gasteiger partial charge on any atom is 0.494 e. The van der Waals surface area contributed by atoms with Crippen molar-refractivity contribution in [3.8, 4) is 0 Å². The first-order chi connectivity index (χ1) is 13.4. The summed E-state index contributed by atoms with van der Waals surface area (Å²) in [6, 6.07) is 3.52. The standard InChI is InChI=1S/C20H27BF3NO4/c1-18(2)19(3,4)29-21(28-18)13-6-7-16(20(22,23)24)15(12-13)17(26)25-10-8-14(27-5)9-11-25/h6-7,12,14H,8-11H2,1-5H3. The highest BCUT2D eigenvalue weighted by Gasteiger charge is 2.52. The molecule has 0 spiro atoms. The highest BCUT2D eigenvalue weighted by atomic mass is 19.4.